The fourth-order valence-electron chi connectivity index (χ4n) is 1.39. The van der Waals surface area contributed by atoms with Crippen LogP contribution < -0.4 is 0 Å². The van der Waals surface area contributed by atoms with Crippen molar-refractivity contribution in [3.05, 3.63) is 35.9 Å². The molecule has 0 aromatic heterocycles. The van der Waals surface area contributed by atoms with Gasteiger partial charge in [0.15, 0.2) is 0 Å². The molecule has 0 amide bonds. The van der Waals surface area contributed by atoms with E-state index >= 15 is 0 Å². The highest BCUT2D eigenvalue weighted by molar-refractivity contribution is 7.46. The monoisotopic (exact) mass is 288 g/mol. The molecule has 0 radical (unpaired) electrons. The maximum atomic E-state index is 11.5. The number of hydrogen-bond acceptors (Lipinski definition) is 4. The molecule has 1 rings (SSSR count). The van der Waals surface area contributed by atoms with Crippen LogP contribution in [-0.4, -0.2) is 29.0 Å². The van der Waals surface area contributed by atoms with Crippen LogP contribution in [0.2, 0.25) is 0 Å². The molecule has 19 heavy (non-hydrogen) atoms. The van der Waals surface area contributed by atoms with Gasteiger partial charge in [0.05, 0.1) is 18.8 Å². The molecule has 1 aromatic carbocycles. The summed E-state index contributed by atoms with van der Waals surface area (Å²) in [6, 6.07) is 8.69. The zero-order valence-corrected chi connectivity index (χ0v) is 11.3. The molecule has 0 aliphatic heterocycles. The van der Waals surface area contributed by atoms with Gasteiger partial charge in [-0.2, -0.15) is 0 Å². The van der Waals surface area contributed by atoms with E-state index in [0.717, 1.165) is 0 Å². The quantitative estimate of drug-likeness (QED) is 0.432. The number of rotatable bonds is 8. The number of hydrogen-bond donors (Lipinski definition) is 2. The first-order valence-electron chi connectivity index (χ1n) is 5.91. The highest BCUT2D eigenvalue weighted by atomic mass is 31.2. The van der Waals surface area contributed by atoms with Gasteiger partial charge in [0, 0.05) is 0 Å². The summed E-state index contributed by atoms with van der Waals surface area (Å²) < 4.78 is 19.7. The topological polar surface area (TPSA) is 93.1 Å². The summed E-state index contributed by atoms with van der Waals surface area (Å²) >= 11 is 0. The van der Waals surface area contributed by atoms with Crippen LogP contribution in [0.5, 0.6) is 0 Å². The predicted octanol–water partition coefficient (Wildman–Crippen LogP) is 2.12. The number of ether oxygens (including phenoxy) is 1. The van der Waals surface area contributed by atoms with Crippen LogP contribution in [0.1, 0.15) is 29.6 Å². The Morgan fingerprint density at radius 3 is 2.32 bits per heavy atom. The smallest absolute Gasteiger partial charge is 0.462 e. The first kappa shape index (κ1) is 15.9. The maximum absolute atomic E-state index is 11.5. The molecule has 1 aromatic rings. The Morgan fingerprint density at radius 1 is 1.05 bits per heavy atom. The van der Waals surface area contributed by atoms with E-state index in [1.807, 2.05) is 6.07 Å². The van der Waals surface area contributed by atoms with Crippen molar-refractivity contribution in [1.29, 1.82) is 0 Å². The first-order valence-corrected chi connectivity index (χ1v) is 7.44. The highest BCUT2D eigenvalue weighted by Gasteiger charge is 2.12. The largest absolute Gasteiger partial charge is 0.469 e. The Hall–Kier alpha value is -1.20. The van der Waals surface area contributed by atoms with E-state index in [9.17, 15) is 9.36 Å². The summed E-state index contributed by atoms with van der Waals surface area (Å²) in [7, 11) is -4.36. The molecule has 0 heterocycles. The minimum absolute atomic E-state index is 0.00307. The number of esters is 1. The highest BCUT2D eigenvalue weighted by Crippen LogP contribution is 2.35. The van der Waals surface area contributed by atoms with E-state index in [4.69, 9.17) is 14.5 Å². The number of unbranched alkanes of at least 4 members (excludes halogenated alkanes) is 2. The van der Waals surface area contributed by atoms with Crippen molar-refractivity contribution in [3.63, 3.8) is 0 Å². The molecule has 2 N–H and O–H groups in total. The zero-order chi connectivity index (χ0) is 14.1. The van der Waals surface area contributed by atoms with Crippen LogP contribution in [0, 0.1) is 0 Å². The normalized spacial score (nSPS) is 11.3. The van der Waals surface area contributed by atoms with Gasteiger partial charge in [-0.15, -0.1) is 0 Å². The number of carbonyl (C=O) groups excluding carboxylic acids is 1. The lowest BCUT2D eigenvalue weighted by Crippen LogP contribution is -2.06. The van der Waals surface area contributed by atoms with Crippen LogP contribution >= 0.6 is 7.82 Å². The molecule has 0 aliphatic carbocycles. The van der Waals surface area contributed by atoms with Crippen molar-refractivity contribution in [2.75, 3.05) is 13.2 Å². The first-order chi connectivity index (χ1) is 8.99. The van der Waals surface area contributed by atoms with Gasteiger partial charge in [-0.05, 0) is 31.4 Å². The molecule has 0 bridgehead atoms. The average Bonchev–Trinajstić information content (AvgIpc) is 2.37. The average molecular weight is 288 g/mol. The molecule has 0 fully saturated rings. The Morgan fingerprint density at radius 2 is 1.68 bits per heavy atom. The van der Waals surface area contributed by atoms with Gasteiger partial charge in [0.2, 0.25) is 0 Å². The minimum Gasteiger partial charge on any atom is -0.462 e. The maximum Gasteiger partial charge on any atom is 0.469 e. The number of carbonyl (C=O) groups is 1. The minimum atomic E-state index is -4.36. The lowest BCUT2D eigenvalue weighted by Gasteiger charge is -2.06. The standard InChI is InChI=1S/C12H17O6P/c13-12(11-7-3-1-4-8-11)17-9-5-2-6-10-18-19(14,15)16/h1,3-4,7-8H,2,5-6,9-10H2,(H2,14,15,16). The second-order valence-corrected chi connectivity index (χ2v) is 5.13. The second kappa shape index (κ2) is 8.07. The Kier molecular flexibility index (Phi) is 6.73. The second-order valence-electron chi connectivity index (χ2n) is 3.89. The van der Waals surface area contributed by atoms with E-state index in [2.05, 4.69) is 4.52 Å². The lowest BCUT2D eigenvalue weighted by molar-refractivity contribution is 0.0497. The molecule has 0 aliphatic rings. The zero-order valence-electron chi connectivity index (χ0n) is 10.4. The van der Waals surface area contributed by atoms with Crippen LogP contribution in [0.4, 0.5) is 0 Å². The molecular formula is C12H17O6P. The van der Waals surface area contributed by atoms with Gasteiger partial charge in [0.25, 0.3) is 0 Å². The Balaban J connectivity index is 2.05. The molecule has 7 heteroatoms. The van der Waals surface area contributed by atoms with Crippen molar-refractivity contribution in [2.45, 2.75) is 19.3 Å². The third kappa shape index (κ3) is 7.74. The number of benzene rings is 1. The molecular weight excluding hydrogens is 271 g/mol. The van der Waals surface area contributed by atoms with E-state index in [-0.39, 0.29) is 19.2 Å². The van der Waals surface area contributed by atoms with Crippen LogP contribution in [-0.2, 0) is 13.8 Å². The third-order valence-corrected chi connectivity index (χ3v) is 2.81. The van der Waals surface area contributed by atoms with Crippen molar-refractivity contribution in [3.8, 4) is 0 Å². The van der Waals surface area contributed by atoms with E-state index in [1.54, 1.807) is 24.3 Å². The third-order valence-electron chi connectivity index (χ3n) is 2.29. The molecule has 0 saturated carbocycles. The van der Waals surface area contributed by atoms with Crippen molar-refractivity contribution in [1.82, 2.24) is 0 Å². The molecule has 0 saturated heterocycles. The number of phosphoric acid groups is 1. The van der Waals surface area contributed by atoms with Crippen molar-refractivity contribution in [2.24, 2.45) is 0 Å². The predicted molar refractivity (Wildman–Crippen MR) is 68.6 cm³/mol. The van der Waals surface area contributed by atoms with E-state index < -0.39 is 7.82 Å². The van der Waals surface area contributed by atoms with Gasteiger partial charge in [-0.25, -0.2) is 9.36 Å². The van der Waals surface area contributed by atoms with Gasteiger partial charge < -0.3 is 14.5 Å². The Bertz CT molecular complexity index is 427. The molecule has 0 atom stereocenters. The summed E-state index contributed by atoms with van der Waals surface area (Å²) in [4.78, 5) is 28.4. The summed E-state index contributed by atoms with van der Waals surface area (Å²) in [6.45, 7) is 0.278. The lowest BCUT2D eigenvalue weighted by atomic mass is 10.2. The fourth-order valence-corrected chi connectivity index (χ4v) is 1.75. The van der Waals surface area contributed by atoms with E-state index in [0.29, 0.717) is 24.8 Å². The summed E-state index contributed by atoms with van der Waals surface area (Å²) in [5.74, 6) is -0.368. The summed E-state index contributed by atoms with van der Waals surface area (Å²) in [5, 5.41) is 0. The fraction of sp³-hybridized carbons (Fsp3) is 0.417. The van der Waals surface area contributed by atoms with E-state index in [1.165, 1.54) is 0 Å². The van der Waals surface area contributed by atoms with Crippen LogP contribution in [0.15, 0.2) is 30.3 Å². The number of phosphoric ester groups is 1. The molecule has 0 spiro atoms. The van der Waals surface area contributed by atoms with Gasteiger partial charge in [-0.3, -0.25) is 4.52 Å². The molecule has 6 nitrogen and oxygen atoms in total. The van der Waals surface area contributed by atoms with Gasteiger partial charge in [0.1, 0.15) is 0 Å². The van der Waals surface area contributed by atoms with Crippen LogP contribution in [0.3, 0.4) is 0 Å². The van der Waals surface area contributed by atoms with Gasteiger partial charge in [-0.1, -0.05) is 18.2 Å². The molecule has 106 valence electrons. The van der Waals surface area contributed by atoms with Gasteiger partial charge >= 0.3 is 13.8 Å². The van der Waals surface area contributed by atoms with Crippen molar-refractivity contribution >= 4 is 13.8 Å². The molecule has 0 unspecified atom stereocenters. The summed E-state index contributed by atoms with van der Waals surface area (Å²) in [5.41, 5.74) is 0.507. The Labute approximate surface area is 111 Å². The van der Waals surface area contributed by atoms with Crippen molar-refractivity contribution < 1.29 is 28.4 Å². The SMILES string of the molecule is O=C(OCCCCCOP(=O)(O)O)c1ccccc1. The van der Waals surface area contributed by atoms with Crippen LogP contribution in [0.25, 0.3) is 0 Å². The summed E-state index contributed by atoms with van der Waals surface area (Å²) in [6.07, 6.45) is 1.80.